The van der Waals surface area contributed by atoms with Crippen LogP contribution < -0.4 is 0 Å². The highest BCUT2D eigenvalue weighted by atomic mass is 16.3. The van der Waals surface area contributed by atoms with Crippen molar-refractivity contribution in [2.24, 2.45) is 0 Å². The second-order valence-corrected chi connectivity index (χ2v) is 16.2. The molecule has 7 nitrogen and oxygen atoms in total. The maximum absolute atomic E-state index is 6.03. The summed E-state index contributed by atoms with van der Waals surface area (Å²) in [5.74, 6) is 0. The molecule has 1 aliphatic carbocycles. The summed E-state index contributed by atoms with van der Waals surface area (Å²) in [7, 11) is 0. The Labute approximate surface area is 361 Å². The lowest BCUT2D eigenvalue weighted by Gasteiger charge is -2.14. The molecule has 0 bridgehead atoms. The van der Waals surface area contributed by atoms with E-state index in [0.717, 1.165) is 102 Å². The molecular formula is C56H36N6O. The highest BCUT2D eigenvalue weighted by Crippen LogP contribution is 2.40. The fourth-order valence-corrected chi connectivity index (χ4v) is 9.60. The standard InChI is InChI=1S/C56H36N6O/c1-3-12-35(13-4-1)47-31-40(32-48(59-47)36-14-5-2-6-15-36)61-50-19-10-8-17-43(50)45-29-37(22-25-51(45)61)38-21-23-44-42-16-7-9-18-49(42)62(52(44)30-38)41-28-39(33-57-34-41)46-24-26-54-56(60-46)55-53(63-54)20-11-27-58-55/h1-6,8-15,17-34H,7,16H2. The van der Waals surface area contributed by atoms with Crippen molar-refractivity contribution in [3.8, 4) is 56.3 Å². The number of nitrogens with zero attached hydrogens (tertiary/aromatic N) is 6. The molecule has 0 fully saturated rings. The van der Waals surface area contributed by atoms with E-state index in [2.05, 4.69) is 154 Å². The molecule has 1 aliphatic rings. The predicted molar refractivity (Wildman–Crippen MR) is 255 cm³/mol. The van der Waals surface area contributed by atoms with E-state index in [1.807, 2.05) is 48.8 Å². The number of fused-ring (bicyclic) bond motifs is 9. The molecule has 0 radical (unpaired) electrons. The van der Waals surface area contributed by atoms with E-state index in [4.69, 9.17) is 19.4 Å². The normalized spacial score (nSPS) is 12.6. The minimum atomic E-state index is 0.717. The van der Waals surface area contributed by atoms with Crippen LogP contribution in [0.15, 0.2) is 193 Å². The average Bonchev–Trinajstić information content (AvgIpc) is 4.01. The first kappa shape index (κ1) is 35.3. The van der Waals surface area contributed by atoms with Crippen molar-refractivity contribution in [3.05, 3.63) is 200 Å². The third kappa shape index (κ3) is 5.74. The summed E-state index contributed by atoms with van der Waals surface area (Å²) in [4.78, 5) is 19.6. The molecule has 7 heteroatoms. The van der Waals surface area contributed by atoms with Crippen LogP contribution in [0.4, 0.5) is 0 Å². The summed E-state index contributed by atoms with van der Waals surface area (Å²) < 4.78 is 10.8. The van der Waals surface area contributed by atoms with Gasteiger partial charge in [0, 0.05) is 50.9 Å². The lowest BCUT2D eigenvalue weighted by molar-refractivity contribution is 0.667. The predicted octanol–water partition coefficient (Wildman–Crippen LogP) is 13.8. The molecule has 0 saturated heterocycles. The molecule has 63 heavy (non-hydrogen) atoms. The van der Waals surface area contributed by atoms with E-state index in [9.17, 15) is 0 Å². The Hall–Kier alpha value is -8.42. The van der Waals surface area contributed by atoms with Crippen molar-refractivity contribution < 1.29 is 4.42 Å². The Bertz CT molecular complexity index is 3740. The molecule has 0 unspecified atom stereocenters. The van der Waals surface area contributed by atoms with Crippen LogP contribution in [0.2, 0.25) is 0 Å². The number of hydrogen-bond donors (Lipinski definition) is 0. The number of para-hydroxylation sites is 1. The number of aryl methyl sites for hydroxylation is 1. The van der Waals surface area contributed by atoms with Gasteiger partial charge in [-0.3, -0.25) is 9.97 Å². The van der Waals surface area contributed by atoms with E-state index in [-0.39, 0.29) is 0 Å². The van der Waals surface area contributed by atoms with Crippen molar-refractivity contribution in [2.45, 2.75) is 12.8 Å². The summed E-state index contributed by atoms with van der Waals surface area (Å²) in [6, 6.07) is 57.9. The SMILES string of the molecule is C1=Cc2c(c3ccc(-c4ccc5c(c4)c4ccccc4n5-c4cc(-c5ccccc5)nc(-c5ccccc5)c4)cc3n2-c2cncc(-c3ccc4oc5cccnc5c4n3)c2)CC1. The minimum Gasteiger partial charge on any atom is -0.453 e. The molecule has 7 heterocycles. The van der Waals surface area contributed by atoms with E-state index in [0.29, 0.717) is 5.58 Å². The molecule has 0 spiro atoms. The summed E-state index contributed by atoms with van der Waals surface area (Å²) >= 11 is 0. The van der Waals surface area contributed by atoms with E-state index in [1.165, 1.54) is 27.4 Å². The number of aromatic nitrogens is 6. The maximum Gasteiger partial charge on any atom is 0.155 e. The van der Waals surface area contributed by atoms with Gasteiger partial charge in [-0.05, 0) is 102 Å². The Balaban J connectivity index is 0.956. The van der Waals surface area contributed by atoms with Crippen molar-refractivity contribution >= 4 is 61.0 Å². The Kier molecular flexibility index (Phi) is 7.90. The zero-order valence-corrected chi connectivity index (χ0v) is 34.0. The third-order valence-electron chi connectivity index (χ3n) is 12.5. The van der Waals surface area contributed by atoms with E-state index < -0.39 is 0 Å². The van der Waals surface area contributed by atoms with Gasteiger partial charge in [-0.2, -0.15) is 0 Å². The molecule has 0 saturated carbocycles. The monoisotopic (exact) mass is 808 g/mol. The van der Waals surface area contributed by atoms with Crippen molar-refractivity contribution in [3.63, 3.8) is 0 Å². The van der Waals surface area contributed by atoms with Crippen LogP contribution in [0, 0.1) is 0 Å². The number of pyridine rings is 4. The van der Waals surface area contributed by atoms with Crippen molar-refractivity contribution in [2.75, 3.05) is 0 Å². The molecule has 0 N–H and O–H groups in total. The molecule has 296 valence electrons. The highest BCUT2D eigenvalue weighted by molar-refractivity contribution is 6.11. The van der Waals surface area contributed by atoms with Crippen LogP contribution in [-0.4, -0.2) is 29.1 Å². The second kappa shape index (κ2) is 14.1. The number of allylic oxidation sites excluding steroid dienone is 1. The van der Waals surface area contributed by atoms with Crippen molar-refractivity contribution in [1.82, 2.24) is 29.1 Å². The highest BCUT2D eigenvalue weighted by Gasteiger charge is 2.22. The van der Waals surface area contributed by atoms with Gasteiger partial charge in [-0.1, -0.05) is 103 Å². The largest absolute Gasteiger partial charge is 0.453 e. The number of benzene rings is 5. The van der Waals surface area contributed by atoms with Gasteiger partial charge < -0.3 is 13.6 Å². The summed E-state index contributed by atoms with van der Waals surface area (Å²) in [6.07, 6.45) is 12.2. The number of furan rings is 1. The lowest BCUT2D eigenvalue weighted by atomic mass is 9.98. The fourth-order valence-electron chi connectivity index (χ4n) is 9.60. The van der Waals surface area contributed by atoms with Gasteiger partial charge in [0.25, 0.3) is 0 Å². The molecule has 12 aromatic rings. The molecule has 0 amide bonds. The van der Waals surface area contributed by atoms with E-state index in [1.54, 1.807) is 6.20 Å². The second-order valence-electron chi connectivity index (χ2n) is 16.2. The number of rotatable bonds is 6. The van der Waals surface area contributed by atoms with Gasteiger partial charge in [0.1, 0.15) is 11.0 Å². The quantitative estimate of drug-likeness (QED) is 0.167. The van der Waals surface area contributed by atoms with Gasteiger partial charge in [-0.25, -0.2) is 9.97 Å². The number of hydrogen-bond acceptors (Lipinski definition) is 5. The Morgan fingerprint density at radius 1 is 0.460 bits per heavy atom. The molecule has 0 aliphatic heterocycles. The van der Waals surface area contributed by atoms with E-state index >= 15 is 0 Å². The Morgan fingerprint density at radius 3 is 2.05 bits per heavy atom. The van der Waals surface area contributed by atoms with Gasteiger partial charge >= 0.3 is 0 Å². The summed E-state index contributed by atoms with van der Waals surface area (Å²) in [5, 5.41) is 3.66. The lowest BCUT2D eigenvalue weighted by Crippen LogP contribution is -2.01. The van der Waals surface area contributed by atoms with Crippen LogP contribution in [-0.2, 0) is 6.42 Å². The van der Waals surface area contributed by atoms with Gasteiger partial charge in [0.2, 0.25) is 0 Å². The Morgan fingerprint density at radius 2 is 1.21 bits per heavy atom. The van der Waals surface area contributed by atoms with Crippen LogP contribution in [0.25, 0.3) is 117 Å². The van der Waals surface area contributed by atoms with Crippen LogP contribution in [0.5, 0.6) is 0 Å². The first-order chi connectivity index (χ1) is 31.2. The summed E-state index contributed by atoms with van der Waals surface area (Å²) in [5.41, 5.74) is 19.1. The van der Waals surface area contributed by atoms with Crippen LogP contribution >= 0.6 is 0 Å². The fraction of sp³-hybridized carbons (Fsp3) is 0.0357. The van der Waals surface area contributed by atoms with Gasteiger partial charge in [-0.15, -0.1) is 0 Å². The minimum absolute atomic E-state index is 0.717. The van der Waals surface area contributed by atoms with Crippen molar-refractivity contribution in [1.29, 1.82) is 0 Å². The first-order valence-electron chi connectivity index (χ1n) is 21.3. The molecule has 13 rings (SSSR count). The zero-order chi connectivity index (χ0) is 41.4. The van der Waals surface area contributed by atoms with Crippen LogP contribution in [0.3, 0.4) is 0 Å². The molecular weight excluding hydrogens is 773 g/mol. The van der Waals surface area contributed by atoms with Crippen LogP contribution in [0.1, 0.15) is 17.7 Å². The maximum atomic E-state index is 6.03. The summed E-state index contributed by atoms with van der Waals surface area (Å²) in [6.45, 7) is 0. The average molecular weight is 809 g/mol. The van der Waals surface area contributed by atoms with Gasteiger partial charge in [0.15, 0.2) is 11.2 Å². The van der Waals surface area contributed by atoms with Gasteiger partial charge in [0.05, 0.1) is 51.2 Å². The topological polar surface area (TPSA) is 74.6 Å². The first-order valence-corrected chi connectivity index (χ1v) is 21.3. The zero-order valence-electron chi connectivity index (χ0n) is 34.0. The molecule has 5 aromatic carbocycles. The molecule has 0 atom stereocenters. The smallest absolute Gasteiger partial charge is 0.155 e. The third-order valence-corrected chi connectivity index (χ3v) is 12.5. The molecule has 7 aromatic heterocycles.